The fourth-order valence-electron chi connectivity index (χ4n) is 2.25. The molecule has 0 saturated carbocycles. The molecule has 4 aromatic rings. The first-order chi connectivity index (χ1) is 11.2. The van der Waals surface area contributed by atoms with E-state index in [1.165, 1.54) is 6.33 Å². The van der Waals surface area contributed by atoms with E-state index in [9.17, 15) is 4.21 Å². The van der Waals surface area contributed by atoms with Crippen molar-refractivity contribution in [2.24, 2.45) is 0 Å². The highest BCUT2D eigenvalue weighted by atomic mass is 32.2. The summed E-state index contributed by atoms with van der Waals surface area (Å²) < 4.78 is 15.0. The van der Waals surface area contributed by atoms with Crippen LogP contribution in [0.4, 0.5) is 0 Å². The van der Waals surface area contributed by atoms with Gasteiger partial charge in [0.25, 0.3) is 0 Å². The minimum atomic E-state index is -1.27. The van der Waals surface area contributed by atoms with E-state index in [0.717, 1.165) is 5.56 Å². The Hall–Kier alpha value is -2.94. The highest BCUT2D eigenvalue weighted by Crippen LogP contribution is 2.18. The third kappa shape index (κ3) is 2.30. The van der Waals surface area contributed by atoms with Crippen molar-refractivity contribution in [1.29, 1.82) is 0 Å². The summed E-state index contributed by atoms with van der Waals surface area (Å²) >= 11 is 0. The first kappa shape index (κ1) is 13.7. The maximum absolute atomic E-state index is 11.7. The maximum Gasteiger partial charge on any atom is 0.226 e. The zero-order valence-corrected chi connectivity index (χ0v) is 12.9. The lowest BCUT2D eigenvalue weighted by Gasteiger charge is -2.05. The third-order valence-corrected chi connectivity index (χ3v) is 4.09. The van der Waals surface area contributed by atoms with Crippen LogP contribution in [0.1, 0.15) is 0 Å². The summed E-state index contributed by atoms with van der Waals surface area (Å²) in [5.41, 5.74) is 1.53. The maximum atomic E-state index is 11.7. The van der Waals surface area contributed by atoms with E-state index in [-0.39, 0.29) is 0 Å². The molecule has 0 saturated heterocycles. The molecular weight excluding hydrogens is 314 g/mol. The van der Waals surface area contributed by atoms with Gasteiger partial charge in [0, 0.05) is 11.8 Å². The SMILES string of the molecule is CS(=O)c1nncn1-c1ccc2nnc(-c3ccccc3)n2n1. The van der Waals surface area contributed by atoms with Gasteiger partial charge in [-0.15, -0.1) is 25.5 Å². The molecule has 0 amide bonds. The second-order valence-corrected chi connectivity index (χ2v) is 6.06. The van der Waals surface area contributed by atoms with E-state index in [2.05, 4.69) is 25.5 Å². The van der Waals surface area contributed by atoms with E-state index in [1.54, 1.807) is 27.5 Å². The van der Waals surface area contributed by atoms with Gasteiger partial charge in [-0.2, -0.15) is 4.52 Å². The Morgan fingerprint density at radius 2 is 1.83 bits per heavy atom. The average molecular weight is 325 g/mol. The van der Waals surface area contributed by atoms with Crippen LogP contribution in [-0.2, 0) is 10.8 Å². The Morgan fingerprint density at radius 1 is 1.00 bits per heavy atom. The molecule has 0 spiro atoms. The number of rotatable bonds is 3. The number of benzene rings is 1. The van der Waals surface area contributed by atoms with Crippen molar-refractivity contribution in [3.8, 4) is 17.2 Å². The predicted molar refractivity (Wildman–Crippen MR) is 83.5 cm³/mol. The topological polar surface area (TPSA) is 90.9 Å². The van der Waals surface area contributed by atoms with Gasteiger partial charge in [-0.25, -0.2) is 0 Å². The molecule has 0 fully saturated rings. The van der Waals surface area contributed by atoms with Gasteiger partial charge in [0.05, 0.1) is 10.8 Å². The molecular formula is C14H11N7OS. The molecule has 0 aliphatic carbocycles. The molecule has 1 atom stereocenters. The van der Waals surface area contributed by atoms with Crippen LogP contribution in [0.5, 0.6) is 0 Å². The highest BCUT2D eigenvalue weighted by molar-refractivity contribution is 7.84. The van der Waals surface area contributed by atoms with Crippen molar-refractivity contribution >= 4 is 16.4 Å². The summed E-state index contributed by atoms with van der Waals surface area (Å²) in [7, 11) is -1.27. The van der Waals surface area contributed by atoms with E-state index in [1.807, 2.05) is 30.3 Å². The number of nitrogens with zero attached hydrogens (tertiary/aromatic N) is 7. The van der Waals surface area contributed by atoms with Gasteiger partial charge in [-0.05, 0) is 12.1 Å². The van der Waals surface area contributed by atoms with Crippen molar-refractivity contribution in [1.82, 2.24) is 34.6 Å². The summed E-state index contributed by atoms with van der Waals surface area (Å²) in [5, 5.41) is 20.9. The first-order valence-electron chi connectivity index (χ1n) is 6.76. The highest BCUT2D eigenvalue weighted by Gasteiger charge is 2.14. The van der Waals surface area contributed by atoms with Gasteiger partial charge in [0.1, 0.15) is 6.33 Å². The Bertz CT molecular complexity index is 1010. The molecule has 0 radical (unpaired) electrons. The van der Waals surface area contributed by atoms with Crippen molar-refractivity contribution in [2.45, 2.75) is 5.16 Å². The molecule has 3 aromatic heterocycles. The van der Waals surface area contributed by atoms with Gasteiger partial charge in [-0.3, -0.25) is 8.78 Å². The number of hydrogen-bond donors (Lipinski definition) is 0. The zero-order valence-electron chi connectivity index (χ0n) is 12.1. The smallest absolute Gasteiger partial charge is 0.226 e. The van der Waals surface area contributed by atoms with Crippen molar-refractivity contribution < 1.29 is 4.21 Å². The van der Waals surface area contributed by atoms with Crippen LogP contribution >= 0.6 is 0 Å². The first-order valence-corrected chi connectivity index (χ1v) is 8.31. The summed E-state index contributed by atoms with van der Waals surface area (Å²) in [6.45, 7) is 0. The molecule has 0 aliphatic heterocycles. The Labute approximate surface area is 133 Å². The van der Waals surface area contributed by atoms with Crippen LogP contribution in [0.25, 0.3) is 22.9 Å². The summed E-state index contributed by atoms with van der Waals surface area (Å²) in [4.78, 5) is 0. The standard InChI is InChI=1S/C14H11N7OS/c1-23(22)14-18-15-9-20(14)12-8-7-11-16-17-13(21(11)19-12)10-5-3-2-4-6-10/h2-9H,1H3. The Kier molecular flexibility index (Phi) is 3.19. The monoisotopic (exact) mass is 325 g/mol. The van der Waals surface area contributed by atoms with Gasteiger partial charge in [0.2, 0.25) is 5.16 Å². The normalized spacial score (nSPS) is 12.6. The van der Waals surface area contributed by atoms with Gasteiger partial charge in [0.15, 0.2) is 17.3 Å². The second-order valence-electron chi connectivity index (χ2n) is 4.79. The van der Waals surface area contributed by atoms with Crippen LogP contribution in [0, 0.1) is 0 Å². The van der Waals surface area contributed by atoms with Crippen molar-refractivity contribution in [2.75, 3.05) is 6.26 Å². The predicted octanol–water partition coefficient (Wildman–Crippen LogP) is 1.11. The number of fused-ring (bicyclic) bond motifs is 1. The molecule has 0 aliphatic rings. The van der Waals surface area contributed by atoms with Crippen molar-refractivity contribution in [3.63, 3.8) is 0 Å². The fraction of sp³-hybridized carbons (Fsp3) is 0.0714. The zero-order chi connectivity index (χ0) is 15.8. The van der Waals surface area contributed by atoms with Crippen molar-refractivity contribution in [3.05, 3.63) is 48.8 Å². The molecule has 23 heavy (non-hydrogen) atoms. The van der Waals surface area contributed by atoms with Crippen LogP contribution in [0.3, 0.4) is 0 Å². The minimum Gasteiger partial charge on any atom is -0.257 e. The lowest BCUT2D eigenvalue weighted by molar-refractivity contribution is 0.673. The summed E-state index contributed by atoms with van der Waals surface area (Å²) in [5.74, 6) is 1.18. The molecule has 3 heterocycles. The van der Waals surface area contributed by atoms with Gasteiger partial charge >= 0.3 is 0 Å². The second kappa shape index (κ2) is 5.36. The number of hydrogen-bond acceptors (Lipinski definition) is 6. The third-order valence-electron chi connectivity index (χ3n) is 3.30. The summed E-state index contributed by atoms with van der Waals surface area (Å²) in [6.07, 6.45) is 3.03. The fourth-order valence-corrected chi connectivity index (χ4v) is 2.83. The average Bonchev–Trinajstić information content (AvgIpc) is 3.22. The molecule has 4 rings (SSSR count). The van der Waals surface area contributed by atoms with Gasteiger partial charge < -0.3 is 0 Å². The molecule has 114 valence electrons. The Morgan fingerprint density at radius 3 is 2.61 bits per heavy atom. The molecule has 9 heteroatoms. The van der Waals surface area contributed by atoms with E-state index in [4.69, 9.17) is 0 Å². The van der Waals surface area contributed by atoms with E-state index in [0.29, 0.717) is 22.4 Å². The molecule has 0 N–H and O–H groups in total. The molecule has 1 aromatic carbocycles. The lowest BCUT2D eigenvalue weighted by Crippen LogP contribution is -2.06. The van der Waals surface area contributed by atoms with Crippen LogP contribution < -0.4 is 0 Å². The quantitative estimate of drug-likeness (QED) is 0.560. The van der Waals surface area contributed by atoms with Gasteiger partial charge in [-0.1, -0.05) is 30.3 Å². The van der Waals surface area contributed by atoms with Crippen LogP contribution in [0.2, 0.25) is 0 Å². The lowest BCUT2D eigenvalue weighted by atomic mass is 10.2. The van der Waals surface area contributed by atoms with Crippen LogP contribution in [0.15, 0.2) is 53.9 Å². The summed E-state index contributed by atoms with van der Waals surface area (Å²) in [6, 6.07) is 13.2. The molecule has 8 nitrogen and oxygen atoms in total. The van der Waals surface area contributed by atoms with E-state index >= 15 is 0 Å². The minimum absolute atomic E-state index is 0.339. The Balaban J connectivity index is 1.91. The van der Waals surface area contributed by atoms with Crippen LogP contribution in [-0.4, -0.2) is 45.0 Å². The largest absolute Gasteiger partial charge is 0.257 e. The number of aromatic nitrogens is 7. The molecule has 1 unspecified atom stereocenters. The molecule has 0 bridgehead atoms. The van der Waals surface area contributed by atoms with E-state index < -0.39 is 10.8 Å².